The van der Waals surface area contributed by atoms with E-state index in [1.807, 2.05) is 31.2 Å². The number of anilines is 1. The van der Waals surface area contributed by atoms with Crippen LogP contribution in [0.3, 0.4) is 0 Å². The van der Waals surface area contributed by atoms with E-state index < -0.39 is 5.97 Å². The van der Waals surface area contributed by atoms with Crippen LogP contribution in [0.5, 0.6) is 5.75 Å². The van der Waals surface area contributed by atoms with Crippen LogP contribution in [0.4, 0.5) is 5.69 Å². The summed E-state index contributed by atoms with van der Waals surface area (Å²) in [5.41, 5.74) is 3.54. The minimum Gasteiger partial charge on any atom is -0.487 e. The fraction of sp³-hybridized carbons (Fsp3) is 0.136. The number of carboxylic acids is 1. The van der Waals surface area contributed by atoms with E-state index in [0.29, 0.717) is 39.7 Å². The number of benzene rings is 3. The van der Waals surface area contributed by atoms with Crippen LogP contribution in [0.15, 0.2) is 54.6 Å². The van der Waals surface area contributed by atoms with Crippen molar-refractivity contribution in [3.8, 4) is 5.75 Å². The second kappa shape index (κ2) is 9.40. The molecule has 0 radical (unpaired) electrons. The van der Waals surface area contributed by atoms with E-state index in [-0.39, 0.29) is 5.56 Å². The quantitative estimate of drug-likeness (QED) is 0.413. The summed E-state index contributed by atoms with van der Waals surface area (Å²) in [7, 11) is 0. The van der Waals surface area contributed by atoms with Crippen LogP contribution in [-0.2, 0) is 13.2 Å². The largest absolute Gasteiger partial charge is 0.487 e. The van der Waals surface area contributed by atoms with Crippen molar-refractivity contribution in [2.24, 2.45) is 0 Å². The Kier molecular flexibility index (Phi) is 6.91. The van der Waals surface area contributed by atoms with Crippen LogP contribution in [0.2, 0.25) is 15.1 Å². The highest BCUT2D eigenvalue weighted by atomic mass is 35.5. The van der Waals surface area contributed by atoms with Crippen molar-refractivity contribution in [1.82, 2.24) is 0 Å². The first-order chi connectivity index (χ1) is 13.8. The van der Waals surface area contributed by atoms with Gasteiger partial charge in [0.25, 0.3) is 0 Å². The highest BCUT2D eigenvalue weighted by Gasteiger charge is 2.13. The van der Waals surface area contributed by atoms with Crippen LogP contribution < -0.4 is 10.1 Å². The van der Waals surface area contributed by atoms with E-state index in [2.05, 4.69) is 5.32 Å². The molecule has 0 spiro atoms. The molecule has 4 nitrogen and oxygen atoms in total. The Morgan fingerprint density at radius 2 is 1.72 bits per heavy atom. The molecule has 0 saturated carbocycles. The molecule has 3 rings (SSSR count). The van der Waals surface area contributed by atoms with Gasteiger partial charge in [-0.05, 0) is 42.8 Å². The number of carbonyl (C=O) groups is 1. The lowest BCUT2D eigenvalue weighted by molar-refractivity contribution is 0.0697. The number of carboxylic acid groups (broad SMARTS) is 1. The molecule has 0 aliphatic carbocycles. The van der Waals surface area contributed by atoms with Gasteiger partial charge in [0, 0.05) is 17.1 Å². The standard InChI is InChI=1S/C22H18Cl3NO3/c1-13-2-4-14(5-3-13)12-29-21-16(8-17(23)10-19(21)25)11-26-20-9-15(22(27)28)6-7-18(20)24/h2-10,26H,11-12H2,1H3,(H,27,28). The van der Waals surface area contributed by atoms with E-state index in [1.54, 1.807) is 12.1 Å². The molecule has 0 aromatic heterocycles. The average Bonchev–Trinajstić information content (AvgIpc) is 2.67. The van der Waals surface area contributed by atoms with Gasteiger partial charge < -0.3 is 15.2 Å². The van der Waals surface area contributed by atoms with Gasteiger partial charge in [0.05, 0.1) is 21.3 Å². The molecule has 29 heavy (non-hydrogen) atoms. The number of hydrogen-bond donors (Lipinski definition) is 2. The third-order valence-corrected chi connectivity index (χ3v) is 5.10. The summed E-state index contributed by atoms with van der Waals surface area (Å²) in [6.07, 6.45) is 0. The normalized spacial score (nSPS) is 10.6. The van der Waals surface area contributed by atoms with Crippen LogP contribution in [0, 0.1) is 6.92 Å². The molecule has 3 aromatic carbocycles. The Balaban J connectivity index is 1.81. The van der Waals surface area contributed by atoms with Gasteiger partial charge in [0.1, 0.15) is 12.4 Å². The summed E-state index contributed by atoms with van der Waals surface area (Å²) in [5.74, 6) is -0.521. The second-order valence-electron chi connectivity index (χ2n) is 6.50. The van der Waals surface area contributed by atoms with Crippen molar-refractivity contribution in [3.63, 3.8) is 0 Å². The molecule has 150 valence electrons. The van der Waals surface area contributed by atoms with Crippen LogP contribution in [0.25, 0.3) is 0 Å². The fourth-order valence-corrected chi connectivity index (χ4v) is 3.51. The van der Waals surface area contributed by atoms with Crippen molar-refractivity contribution in [3.05, 3.63) is 91.9 Å². The van der Waals surface area contributed by atoms with Gasteiger partial charge in [0.15, 0.2) is 0 Å². The van der Waals surface area contributed by atoms with Gasteiger partial charge in [-0.2, -0.15) is 0 Å². The Morgan fingerprint density at radius 3 is 2.41 bits per heavy atom. The molecule has 3 aromatic rings. The maximum atomic E-state index is 11.2. The highest BCUT2D eigenvalue weighted by molar-refractivity contribution is 6.35. The summed E-state index contributed by atoms with van der Waals surface area (Å²) in [5, 5.41) is 13.6. The zero-order valence-corrected chi connectivity index (χ0v) is 17.8. The Morgan fingerprint density at radius 1 is 1.00 bits per heavy atom. The second-order valence-corrected chi connectivity index (χ2v) is 7.75. The molecule has 0 fully saturated rings. The van der Waals surface area contributed by atoms with E-state index in [0.717, 1.165) is 11.1 Å². The first-order valence-corrected chi connectivity index (χ1v) is 9.90. The van der Waals surface area contributed by atoms with Gasteiger partial charge >= 0.3 is 5.97 Å². The van der Waals surface area contributed by atoms with Crippen LogP contribution in [-0.4, -0.2) is 11.1 Å². The lowest BCUT2D eigenvalue weighted by Gasteiger charge is -2.16. The molecule has 0 atom stereocenters. The van der Waals surface area contributed by atoms with Gasteiger partial charge in [-0.3, -0.25) is 0 Å². The predicted octanol–water partition coefficient (Wildman–Crippen LogP) is 6.84. The van der Waals surface area contributed by atoms with Crippen molar-refractivity contribution in [1.29, 1.82) is 0 Å². The van der Waals surface area contributed by atoms with Crippen molar-refractivity contribution in [2.75, 3.05) is 5.32 Å². The molecule has 0 heterocycles. The zero-order chi connectivity index (χ0) is 21.0. The minimum atomic E-state index is -1.03. The third-order valence-electron chi connectivity index (χ3n) is 4.27. The molecule has 0 amide bonds. The molecule has 0 saturated heterocycles. The molecule has 2 N–H and O–H groups in total. The number of ether oxygens (including phenoxy) is 1. The Bertz CT molecular complexity index is 1040. The predicted molar refractivity (Wildman–Crippen MR) is 118 cm³/mol. The topological polar surface area (TPSA) is 58.6 Å². The molecular weight excluding hydrogens is 433 g/mol. The summed E-state index contributed by atoms with van der Waals surface area (Å²) in [4.78, 5) is 11.2. The number of rotatable bonds is 7. The fourth-order valence-electron chi connectivity index (χ4n) is 2.73. The lowest BCUT2D eigenvalue weighted by Crippen LogP contribution is -2.06. The number of aryl methyl sites for hydroxylation is 1. The Labute approximate surface area is 184 Å². The maximum Gasteiger partial charge on any atom is 0.335 e. The van der Waals surface area contributed by atoms with E-state index in [4.69, 9.17) is 39.5 Å². The Hall–Kier alpha value is -2.40. The van der Waals surface area contributed by atoms with Crippen molar-refractivity contribution >= 4 is 46.5 Å². The molecule has 0 bridgehead atoms. The summed E-state index contributed by atoms with van der Waals surface area (Å²) >= 11 is 18.7. The first-order valence-electron chi connectivity index (χ1n) is 8.76. The minimum absolute atomic E-state index is 0.136. The van der Waals surface area contributed by atoms with E-state index in [9.17, 15) is 9.90 Å². The number of halogens is 3. The number of nitrogens with one attached hydrogen (secondary N) is 1. The van der Waals surface area contributed by atoms with Crippen LogP contribution >= 0.6 is 34.8 Å². The molecule has 0 aliphatic rings. The summed E-state index contributed by atoms with van der Waals surface area (Å²) < 4.78 is 5.97. The lowest BCUT2D eigenvalue weighted by atomic mass is 10.1. The maximum absolute atomic E-state index is 11.2. The van der Waals surface area contributed by atoms with Gasteiger partial charge in [-0.1, -0.05) is 64.6 Å². The SMILES string of the molecule is Cc1ccc(COc2c(Cl)cc(Cl)cc2CNc2cc(C(=O)O)ccc2Cl)cc1. The molecule has 0 aliphatic heterocycles. The van der Waals surface area contributed by atoms with Crippen LogP contribution in [0.1, 0.15) is 27.0 Å². The van der Waals surface area contributed by atoms with Gasteiger partial charge in [-0.15, -0.1) is 0 Å². The average molecular weight is 451 g/mol. The number of aromatic carboxylic acids is 1. The molecular formula is C22H18Cl3NO3. The van der Waals surface area contributed by atoms with Crippen molar-refractivity contribution < 1.29 is 14.6 Å². The zero-order valence-electron chi connectivity index (χ0n) is 15.5. The van der Waals surface area contributed by atoms with E-state index >= 15 is 0 Å². The van der Waals surface area contributed by atoms with Crippen molar-refractivity contribution in [2.45, 2.75) is 20.1 Å². The number of hydrogen-bond acceptors (Lipinski definition) is 3. The molecule has 0 unspecified atom stereocenters. The van der Waals surface area contributed by atoms with Gasteiger partial charge in [0.2, 0.25) is 0 Å². The third kappa shape index (κ3) is 5.57. The smallest absolute Gasteiger partial charge is 0.335 e. The van der Waals surface area contributed by atoms with Gasteiger partial charge in [-0.25, -0.2) is 4.79 Å². The first kappa shape index (κ1) is 21.3. The van der Waals surface area contributed by atoms with E-state index in [1.165, 1.54) is 23.8 Å². The molecule has 7 heteroatoms. The summed E-state index contributed by atoms with van der Waals surface area (Å²) in [6, 6.07) is 15.8. The highest BCUT2D eigenvalue weighted by Crippen LogP contribution is 2.34. The monoisotopic (exact) mass is 449 g/mol. The summed E-state index contributed by atoms with van der Waals surface area (Å²) in [6.45, 7) is 2.67.